The Morgan fingerprint density at radius 3 is 2.11 bits per heavy atom. The molecule has 0 rings (SSSR count). The van der Waals surface area contributed by atoms with Gasteiger partial charge in [0, 0.05) is 32.4 Å². The number of hydrogen-bond donors (Lipinski definition) is 0. The molecule has 0 saturated heterocycles. The van der Waals surface area contributed by atoms with Crippen molar-refractivity contribution >= 4 is 11.7 Å². The molecule has 0 saturated carbocycles. The molecule has 0 aromatic carbocycles. The third-order valence-electron chi connectivity index (χ3n) is 3.07. The zero-order chi connectivity index (χ0) is 14.1. The first-order chi connectivity index (χ1) is 8.34. The van der Waals surface area contributed by atoms with Gasteiger partial charge < -0.3 is 4.90 Å². The Kier molecular flexibility index (Phi) is 8.69. The van der Waals surface area contributed by atoms with Crippen molar-refractivity contribution in [1.29, 1.82) is 0 Å². The van der Waals surface area contributed by atoms with E-state index < -0.39 is 0 Å². The van der Waals surface area contributed by atoms with E-state index in [2.05, 4.69) is 13.8 Å². The number of ketones is 1. The van der Waals surface area contributed by atoms with Crippen molar-refractivity contribution in [2.45, 2.75) is 59.8 Å². The van der Waals surface area contributed by atoms with Gasteiger partial charge in [-0.1, -0.05) is 34.1 Å². The smallest absolute Gasteiger partial charge is 0.222 e. The van der Waals surface area contributed by atoms with Crippen LogP contribution in [0.2, 0.25) is 0 Å². The van der Waals surface area contributed by atoms with E-state index in [1.54, 1.807) is 0 Å². The van der Waals surface area contributed by atoms with Crippen LogP contribution in [0.25, 0.3) is 0 Å². The second-order valence-corrected chi connectivity index (χ2v) is 5.84. The van der Waals surface area contributed by atoms with Crippen LogP contribution in [0, 0.1) is 11.8 Å². The van der Waals surface area contributed by atoms with Crippen molar-refractivity contribution in [3.63, 3.8) is 0 Å². The van der Waals surface area contributed by atoms with Gasteiger partial charge in [0.05, 0.1) is 0 Å². The lowest BCUT2D eigenvalue weighted by molar-refractivity contribution is -0.130. The van der Waals surface area contributed by atoms with Crippen molar-refractivity contribution in [2.75, 3.05) is 13.6 Å². The minimum atomic E-state index is 0.153. The molecule has 0 fully saturated rings. The van der Waals surface area contributed by atoms with Crippen molar-refractivity contribution in [2.24, 2.45) is 11.8 Å². The Balaban J connectivity index is 3.60. The number of carbonyl (C=O) groups is 2. The topological polar surface area (TPSA) is 37.4 Å². The van der Waals surface area contributed by atoms with E-state index in [0.717, 1.165) is 25.8 Å². The molecular formula is C15H29NO2. The fourth-order valence-electron chi connectivity index (χ4n) is 1.74. The van der Waals surface area contributed by atoms with Crippen molar-refractivity contribution in [3.8, 4) is 0 Å². The first-order valence-electron chi connectivity index (χ1n) is 7.11. The van der Waals surface area contributed by atoms with Crippen LogP contribution in [0.4, 0.5) is 0 Å². The van der Waals surface area contributed by atoms with E-state index >= 15 is 0 Å². The van der Waals surface area contributed by atoms with E-state index in [1.165, 1.54) is 0 Å². The molecule has 18 heavy (non-hydrogen) atoms. The Morgan fingerprint density at radius 2 is 1.61 bits per heavy atom. The fourth-order valence-corrected chi connectivity index (χ4v) is 1.74. The van der Waals surface area contributed by atoms with Gasteiger partial charge in [0.1, 0.15) is 5.78 Å². The Hall–Kier alpha value is -0.860. The van der Waals surface area contributed by atoms with Crippen LogP contribution < -0.4 is 0 Å². The molecule has 106 valence electrons. The summed E-state index contributed by atoms with van der Waals surface area (Å²) >= 11 is 0. The van der Waals surface area contributed by atoms with Gasteiger partial charge in [-0.2, -0.15) is 0 Å². The molecule has 0 aliphatic heterocycles. The summed E-state index contributed by atoms with van der Waals surface area (Å²) in [5.74, 6) is 1.14. The molecule has 0 aromatic heterocycles. The summed E-state index contributed by atoms with van der Waals surface area (Å²) in [4.78, 5) is 24.9. The molecule has 0 spiro atoms. The molecule has 0 heterocycles. The first kappa shape index (κ1) is 17.1. The van der Waals surface area contributed by atoms with Gasteiger partial charge in [-0.25, -0.2) is 0 Å². The molecule has 3 nitrogen and oxygen atoms in total. The molecule has 0 bridgehead atoms. The lowest BCUT2D eigenvalue weighted by atomic mass is 10.0. The molecule has 0 atom stereocenters. The summed E-state index contributed by atoms with van der Waals surface area (Å²) in [7, 11) is 1.87. The summed E-state index contributed by atoms with van der Waals surface area (Å²) in [6.45, 7) is 8.81. The third-order valence-corrected chi connectivity index (χ3v) is 3.07. The van der Waals surface area contributed by atoms with Gasteiger partial charge in [-0.15, -0.1) is 0 Å². The monoisotopic (exact) mass is 255 g/mol. The second-order valence-electron chi connectivity index (χ2n) is 5.84. The number of unbranched alkanes of at least 4 members (excludes halogenated alkanes) is 2. The number of hydrogen-bond acceptors (Lipinski definition) is 2. The normalized spacial score (nSPS) is 11.1. The van der Waals surface area contributed by atoms with Crippen LogP contribution in [0.3, 0.4) is 0 Å². The van der Waals surface area contributed by atoms with Crippen LogP contribution in [-0.4, -0.2) is 30.2 Å². The summed E-state index contributed by atoms with van der Waals surface area (Å²) < 4.78 is 0. The molecule has 0 aliphatic carbocycles. The highest BCUT2D eigenvalue weighted by Crippen LogP contribution is 2.08. The minimum absolute atomic E-state index is 0.153. The number of carbonyl (C=O) groups excluding carboxylic acids is 2. The zero-order valence-electron chi connectivity index (χ0n) is 12.7. The van der Waals surface area contributed by atoms with E-state index in [-0.39, 0.29) is 11.8 Å². The number of rotatable bonds is 9. The molecular weight excluding hydrogens is 226 g/mol. The van der Waals surface area contributed by atoms with Crippen LogP contribution in [0.5, 0.6) is 0 Å². The SMILES string of the molecule is CC(C)CC(=O)N(C)CCCCCC(=O)C(C)C. The maximum Gasteiger partial charge on any atom is 0.222 e. The number of nitrogens with zero attached hydrogens (tertiary/aromatic N) is 1. The fraction of sp³-hybridized carbons (Fsp3) is 0.867. The van der Waals surface area contributed by atoms with Crippen molar-refractivity contribution in [1.82, 2.24) is 4.90 Å². The predicted octanol–water partition coefficient (Wildman–Crippen LogP) is 3.28. The van der Waals surface area contributed by atoms with Crippen LogP contribution in [-0.2, 0) is 9.59 Å². The highest BCUT2D eigenvalue weighted by Gasteiger charge is 2.10. The van der Waals surface area contributed by atoms with Gasteiger partial charge in [0.2, 0.25) is 5.91 Å². The van der Waals surface area contributed by atoms with Crippen molar-refractivity contribution in [3.05, 3.63) is 0 Å². The lowest BCUT2D eigenvalue weighted by Gasteiger charge is -2.18. The first-order valence-corrected chi connectivity index (χ1v) is 7.11. The average Bonchev–Trinajstić information content (AvgIpc) is 2.26. The predicted molar refractivity (Wildman–Crippen MR) is 75.4 cm³/mol. The molecule has 0 radical (unpaired) electrons. The third kappa shape index (κ3) is 8.26. The van der Waals surface area contributed by atoms with Crippen LogP contribution >= 0.6 is 0 Å². The molecule has 0 aromatic rings. The van der Waals surface area contributed by atoms with Gasteiger partial charge in [0.25, 0.3) is 0 Å². The van der Waals surface area contributed by atoms with E-state index in [0.29, 0.717) is 24.5 Å². The summed E-state index contributed by atoms with van der Waals surface area (Å²) in [5.41, 5.74) is 0. The van der Waals surface area contributed by atoms with Crippen molar-refractivity contribution < 1.29 is 9.59 Å². The quantitative estimate of drug-likeness (QED) is 0.593. The lowest BCUT2D eigenvalue weighted by Crippen LogP contribution is -2.28. The zero-order valence-corrected chi connectivity index (χ0v) is 12.7. The number of amides is 1. The van der Waals surface area contributed by atoms with Gasteiger partial charge in [-0.3, -0.25) is 9.59 Å². The molecule has 0 aliphatic rings. The van der Waals surface area contributed by atoms with Gasteiger partial charge in [0.15, 0.2) is 0 Å². The maximum atomic E-state index is 11.7. The standard InChI is InChI=1S/C15H29NO2/c1-12(2)11-15(18)16(5)10-8-6-7-9-14(17)13(3)4/h12-13H,6-11H2,1-5H3. The van der Waals surface area contributed by atoms with E-state index in [4.69, 9.17) is 0 Å². The molecule has 0 N–H and O–H groups in total. The summed E-state index contributed by atoms with van der Waals surface area (Å²) in [5, 5.41) is 0. The second kappa shape index (κ2) is 9.12. The van der Waals surface area contributed by atoms with Gasteiger partial charge >= 0.3 is 0 Å². The van der Waals surface area contributed by atoms with Crippen LogP contribution in [0.1, 0.15) is 59.8 Å². The summed E-state index contributed by atoms with van der Waals surface area (Å²) in [6, 6.07) is 0. The Morgan fingerprint density at radius 1 is 1.00 bits per heavy atom. The maximum absolute atomic E-state index is 11.7. The molecule has 1 amide bonds. The van der Waals surface area contributed by atoms with E-state index in [9.17, 15) is 9.59 Å². The molecule has 0 unspecified atom stereocenters. The Labute approximate surface area is 112 Å². The van der Waals surface area contributed by atoms with Crippen LogP contribution in [0.15, 0.2) is 0 Å². The van der Waals surface area contributed by atoms with Gasteiger partial charge in [-0.05, 0) is 18.8 Å². The minimum Gasteiger partial charge on any atom is -0.346 e. The highest BCUT2D eigenvalue weighted by atomic mass is 16.2. The number of Topliss-reactive ketones (excluding diaryl/α,β-unsaturated/α-hetero) is 1. The summed E-state index contributed by atoms with van der Waals surface area (Å²) in [6.07, 6.45) is 4.27. The highest BCUT2D eigenvalue weighted by molar-refractivity contribution is 5.80. The average molecular weight is 255 g/mol. The molecule has 3 heteroatoms. The largest absolute Gasteiger partial charge is 0.346 e. The van der Waals surface area contributed by atoms with E-state index in [1.807, 2.05) is 25.8 Å². The Bertz CT molecular complexity index is 259.